The summed E-state index contributed by atoms with van der Waals surface area (Å²) in [5.74, 6) is -1.24. The first-order valence-electron chi connectivity index (χ1n) is 15.2. The first-order chi connectivity index (χ1) is 22.2. The van der Waals surface area contributed by atoms with Crippen molar-refractivity contribution in [3.63, 3.8) is 0 Å². The van der Waals surface area contributed by atoms with E-state index < -0.39 is 39.5 Å². The summed E-state index contributed by atoms with van der Waals surface area (Å²) in [6.45, 7) is 3.93. The average molecular weight is 687 g/mol. The molecule has 1 atom stereocenters. The van der Waals surface area contributed by atoms with Crippen molar-refractivity contribution in [3.05, 3.63) is 64.2 Å². The smallest absolute Gasteiger partial charge is 0.416 e. The molecule has 1 unspecified atom stereocenters. The maximum Gasteiger partial charge on any atom is 0.416 e. The van der Waals surface area contributed by atoms with Gasteiger partial charge in [-0.05, 0) is 74.7 Å². The van der Waals surface area contributed by atoms with E-state index in [1.165, 1.54) is 22.5 Å². The highest BCUT2D eigenvalue weighted by Gasteiger charge is 2.47. The number of ether oxygens (including phenoxy) is 3. The molecule has 0 radical (unpaired) electrons. The van der Waals surface area contributed by atoms with Crippen LogP contribution in [0.2, 0.25) is 0 Å². The Morgan fingerprint density at radius 3 is 2.40 bits per heavy atom. The number of aliphatic hydroxyl groups is 1. The second-order valence-electron chi connectivity index (χ2n) is 11.5. The third-order valence-electron chi connectivity index (χ3n) is 8.21. The van der Waals surface area contributed by atoms with E-state index in [-0.39, 0.29) is 74.0 Å². The number of hydrogen-bond donors (Lipinski definition) is 4. The molecular weight excluding hydrogens is 645 g/mol. The molecule has 1 saturated heterocycles. The van der Waals surface area contributed by atoms with Crippen LogP contribution in [0.3, 0.4) is 0 Å². The lowest BCUT2D eigenvalue weighted by Gasteiger charge is -2.40. The molecule has 4 rings (SSSR count). The summed E-state index contributed by atoms with van der Waals surface area (Å²) in [6.07, 6.45) is -5.43. The number of aryl methyl sites for hydroxylation is 2. The van der Waals surface area contributed by atoms with E-state index in [0.717, 1.165) is 17.7 Å². The number of likely N-dealkylation sites (N-methyl/N-ethyl adjacent to an activating group) is 1. The van der Waals surface area contributed by atoms with Gasteiger partial charge < -0.3 is 35.1 Å². The molecule has 0 bridgehead atoms. The molecule has 47 heavy (non-hydrogen) atoms. The van der Waals surface area contributed by atoms with Gasteiger partial charge in [0.15, 0.2) is 6.23 Å². The largest absolute Gasteiger partial charge is 0.491 e. The molecule has 2 aliphatic rings. The van der Waals surface area contributed by atoms with Crippen molar-refractivity contribution in [2.24, 2.45) is 4.99 Å². The number of nitrogens with one attached hydrogen (secondary N) is 2. The molecule has 12 nitrogen and oxygen atoms in total. The number of aromatic carboxylic acids is 1. The van der Waals surface area contributed by atoms with Crippen molar-refractivity contribution in [1.29, 1.82) is 0 Å². The maximum atomic E-state index is 13.8. The fraction of sp³-hybridized carbons (Fsp3) is 0.548. The first kappa shape index (κ1) is 36.6. The zero-order chi connectivity index (χ0) is 34.2. The summed E-state index contributed by atoms with van der Waals surface area (Å²) in [6, 6.07) is 7.76. The van der Waals surface area contributed by atoms with Crippen LogP contribution in [0.15, 0.2) is 41.4 Å². The summed E-state index contributed by atoms with van der Waals surface area (Å²) in [7, 11) is -1.88. The Morgan fingerprint density at radius 1 is 1.09 bits per heavy atom. The van der Waals surface area contributed by atoms with Gasteiger partial charge in [-0.2, -0.15) is 13.2 Å². The molecule has 0 saturated carbocycles. The number of carboxylic acid groups (broad SMARTS) is 1. The van der Waals surface area contributed by atoms with Gasteiger partial charge in [0.25, 0.3) is 0 Å². The third kappa shape index (κ3) is 9.64. The molecule has 2 aromatic rings. The van der Waals surface area contributed by atoms with Gasteiger partial charge in [-0.25, -0.2) is 22.5 Å². The van der Waals surface area contributed by atoms with E-state index in [4.69, 9.17) is 19.3 Å². The van der Waals surface area contributed by atoms with Gasteiger partial charge in [0.05, 0.1) is 48.8 Å². The third-order valence-corrected chi connectivity index (χ3v) is 10.1. The van der Waals surface area contributed by atoms with E-state index in [2.05, 4.69) is 15.6 Å². The fourth-order valence-electron chi connectivity index (χ4n) is 5.45. The minimum atomic E-state index is -4.67. The number of rotatable bonds is 16. The quantitative estimate of drug-likeness (QED) is 0.193. The van der Waals surface area contributed by atoms with Crippen molar-refractivity contribution in [3.8, 4) is 5.75 Å². The van der Waals surface area contributed by atoms with Gasteiger partial charge in [0.2, 0.25) is 10.0 Å². The van der Waals surface area contributed by atoms with E-state index in [0.29, 0.717) is 31.9 Å². The Kier molecular flexibility index (Phi) is 12.2. The molecule has 4 N–H and O–H groups in total. The Labute approximate surface area is 272 Å². The molecule has 2 heterocycles. The highest BCUT2D eigenvalue weighted by molar-refractivity contribution is 7.89. The van der Waals surface area contributed by atoms with E-state index in [1.54, 1.807) is 13.0 Å². The number of piperidine rings is 1. The highest BCUT2D eigenvalue weighted by Crippen LogP contribution is 2.36. The predicted molar refractivity (Wildman–Crippen MR) is 167 cm³/mol. The van der Waals surface area contributed by atoms with E-state index in [1.807, 2.05) is 7.05 Å². The van der Waals surface area contributed by atoms with Crippen LogP contribution in [0.25, 0.3) is 0 Å². The Bertz CT molecular complexity index is 1530. The lowest BCUT2D eigenvalue weighted by Crippen LogP contribution is -2.58. The van der Waals surface area contributed by atoms with Crippen LogP contribution in [-0.4, -0.2) is 112 Å². The van der Waals surface area contributed by atoms with Gasteiger partial charge in [0, 0.05) is 25.2 Å². The number of amidine groups is 1. The number of carbonyl (C=O) groups is 1. The molecule has 0 aromatic heterocycles. The lowest BCUT2D eigenvalue weighted by molar-refractivity contribution is -0.137. The van der Waals surface area contributed by atoms with Crippen LogP contribution < -0.4 is 15.4 Å². The number of alkyl halides is 3. The van der Waals surface area contributed by atoms with Crippen LogP contribution in [0.1, 0.15) is 45.5 Å². The maximum absolute atomic E-state index is 13.8. The molecule has 0 aliphatic carbocycles. The van der Waals surface area contributed by atoms with Gasteiger partial charge in [0.1, 0.15) is 18.2 Å². The Hall–Kier alpha value is -3.28. The summed E-state index contributed by atoms with van der Waals surface area (Å²) < 4.78 is 85.3. The van der Waals surface area contributed by atoms with E-state index >= 15 is 0 Å². The second kappa shape index (κ2) is 15.7. The minimum Gasteiger partial charge on any atom is -0.491 e. The molecular formula is C31H41F3N4O8S. The number of carboxylic acids is 1. The molecule has 260 valence electrons. The average Bonchev–Trinajstić information content (AvgIpc) is 3.34. The number of benzene rings is 2. The van der Waals surface area contributed by atoms with Gasteiger partial charge in [-0.1, -0.05) is 6.07 Å². The van der Waals surface area contributed by atoms with Crippen LogP contribution >= 0.6 is 0 Å². The number of aliphatic hydroxyl groups excluding tert-OH is 1. The van der Waals surface area contributed by atoms with Gasteiger partial charge >= 0.3 is 12.1 Å². The zero-order valence-electron chi connectivity index (χ0n) is 26.3. The molecule has 2 aromatic carbocycles. The van der Waals surface area contributed by atoms with Crippen LogP contribution in [0, 0.1) is 6.92 Å². The fourth-order valence-corrected chi connectivity index (χ4v) is 6.92. The highest BCUT2D eigenvalue weighted by atomic mass is 32.2. The summed E-state index contributed by atoms with van der Waals surface area (Å²) in [4.78, 5) is 15.4. The Balaban J connectivity index is 1.35. The van der Waals surface area contributed by atoms with Crippen LogP contribution in [0.4, 0.5) is 13.2 Å². The lowest BCUT2D eigenvalue weighted by atomic mass is 9.87. The molecule has 0 amide bonds. The summed E-state index contributed by atoms with van der Waals surface area (Å²) >= 11 is 0. The van der Waals surface area contributed by atoms with Gasteiger partial charge in [-0.15, -0.1) is 0 Å². The molecule has 1 spiro atoms. The number of aliphatic imine (C=N–C) groups is 1. The first-order valence-corrected chi connectivity index (χ1v) is 16.9. The van der Waals surface area contributed by atoms with E-state index in [9.17, 15) is 31.5 Å². The standard InChI is InChI=1S/C31H41F3N4O8S/c1-21-17-23(28(39)40)4-3-22(21)5-16-47(42,43)38-9-6-30(7-10-38)29(41)36-27(37-30)24-18-25(31(32,33)34)20-26(19-24)46-15-14-45-13-12-44-11-8-35-2/h3-4,17-20,29,35,41H,5-16H2,1-2H3,(H,36,37)(H,39,40). The molecule has 2 aliphatic heterocycles. The van der Waals surface area contributed by atoms with Crippen molar-refractivity contribution >= 4 is 21.8 Å². The van der Waals surface area contributed by atoms with Crippen molar-refractivity contribution in [2.75, 3.05) is 65.5 Å². The monoisotopic (exact) mass is 686 g/mol. The van der Waals surface area contributed by atoms with Gasteiger partial charge in [-0.3, -0.25) is 0 Å². The number of sulfonamides is 1. The SMILES string of the molecule is CNCCOCCOCCOc1cc(C2=NC(O)C3(CCN(S(=O)(=O)CCc4ccc(C(=O)O)cc4C)CC3)N2)cc(C(F)(F)F)c1. The van der Waals surface area contributed by atoms with Crippen molar-refractivity contribution < 1.29 is 50.8 Å². The Morgan fingerprint density at radius 2 is 1.77 bits per heavy atom. The molecule has 16 heteroatoms. The topological polar surface area (TPSA) is 159 Å². The number of halogens is 3. The van der Waals surface area contributed by atoms with Crippen LogP contribution in [0.5, 0.6) is 5.75 Å². The molecule has 1 fully saturated rings. The second-order valence-corrected chi connectivity index (χ2v) is 13.6. The summed E-state index contributed by atoms with van der Waals surface area (Å²) in [5, 5.41) is 26.1. The minimum absolute atomic E-state index is 0.00124. The van der Waals surface area contributed by atoms with Crippen molar-refractivity contribution in [1.82, 2.24) is 14.9 Å². The number of hydrogen-bond acceptors (Lipinski definition) is 10. The zero-order valence-corrected chi connectivity index (χ0v) is 27.1. The van der Waals surface area contributed by atoms with Crippen LogP contribution in [-0.2, 0) is 32.1 Å². The number of nitrogens with zero attached hydrogens (tertiary/aromatic N) is 2. The summed E-state index contributed by atoms with van der Waals surface area (Å²) in [5.41, 5.74) is -0.403. The normalized spacial score (nSPS) is 18.3. The van der Waals surface area contributed by atoms with Crippen molar-refractivity contribution in [2.45, 2.75) is 44.1 Å². The predicted octanol–water partition coefficient (Wildman–Crippen LogP) is 2.42.